The van der Waals surface area contributed by atoms with E-state index in [-0.39, 0.29) is 16.2 Å². The number of carbonyl (C=O) groups is 1. The van der Waals surface area contributed by atoms with Crippen LogP contribution in [-0.4, -0.2) is 19.5 Å². The summed E-state index contributed by atoms with van der Waals surface area (Å²) < 4.78 is 25.4. The van der Waals surface area contributed by atoms with Gasteiger partial charge < -0.3 is 5.11 Å². The van der Waals surface area contributed by atoms with E-state index >= 15 is 0 Å². The van der Waals surface area contributed by atoms with Gasteiger partial charge in [0.25, 0.3) is 0 Å². The molecule has 0 amide bonds. The van der Waals surface area contributed by atoms with Crippen LogP contribution in [0.4, 0.5) is 0 Å². The zero-order valence-electron chi connectivity index (χ0n) is 9.54. The molecule has 0 unspecified atom stereocenters. The van der Waals surface area contributed by atoms with Crippen LogP contribution in [0.5, 0.6) is 0 Å². The number of sulfone groups is 1. The van der Waals surface area contributed by atoms with Crippen molar-refractivity contribution in [2.45, 2.75) is 10.6 Å². The highest BCUT2D eigenvalue weighted by atomic mass is 79.9. The summed E-state index contributed by atoms with van der Waals surface area (Å²) in [5.74, 6) is -1.44. The molecule has 0 aliphatic carbocycles. The maximum atomic E-state index is 12.3. The molecule has 0 fully saturated rings. The summed E-state index contributed by atoms with van der Waals surface area (Å²) in [6.45, 7) is 0. The first-order chi connectivity index (χ1) is 8.90. The molecule has 1 aromatic heterocycles. The highest BCUT2D eigenvalue weighted by Gasteiger charge is 2.22. The number of aromatic carboxylic acids is 1. The average molecular weight is 361 g/mol. The fraction of sp³-hybridized carbons (Fsp3) is 0.0833. The van der Waals surface area contributed by atoms with Gasteiger partial charge in [0.15, 0.2) is 9.84 Å². The molecule has 0 spiro atoms. The standard InChI is InChI=1S/C12H9BrO4S2/c13-11-6-5-8(18-11)7-19(16,17)10-4-2-1-3-9(10)12(14)15/h1-6H,7H2,(H,14,15). The van der Waals surface area contributed by atoms with Crippen molar-refractivity contribution in [3.63, 3.8) is 0 Å². The average Bonchev–Trinajstić information content (AvgIpc) is 2.74. The normalized spacial score (nSPS) is 11.4. The van der Waals surface area contributed by atoms with Crippen LogP contribution in [0.25, 0.3) is 0 Å². The Morgan fingerprint density at radius 2 is 1.89 bits per heavy atom. The Labute approximate surface area is 122 Å². The molecule has 0 aliphatic rings. The van der Waals surface area contributed by atoms with Gasteiger partial charge in [-0.25, -0.2) is 13.2 Å². The van der Waals surface area contributed by atoms with Gasteiger partial charge in [-0.15, -0.1) is 11.3 Å². The molecule has 0 radical (unpaired) electrons. The van der Waals surface area contributed by atoms with Crippen LogP contribution >= 0.6 is 27.3 Å². The third-order valence-electron chi connectivity index (χ3n) is 2.41. The van der Waals surface area contributed by atoms with Gasteiger partial charge in [0.2, 0.25) is 0 Å². The Balaban J connectivity index is 2.43. The van der Waals surface area contributed by atoms with Crippen molar-refractivity contribution in [1.82, 2.24) is 0 Å². The molecule has 2 rings (SSSR count). The summed E-state index contributed by atoms with van der Waals surface area (Å²) in [7, 11) is -3.67. The van der Waals surface area contributed by atoms with Crippen LogP contribution in [0.2, 0.25) is 0 Å². The molecular weight excluding hydrogens is 352 g/mol. The zero-order chi connectivity index (χ0) is 14.0. The van der Waals surface area contributed by atoms with Crippen LogP contribution in [0.1, 0.15) is 15.2 Å². The smallest absolute Gasteiger partial charge is 0.337 e. The molecule has 2 aromatic rings. The first kappa shape index (κ1) is 14.2. The number of rotatable bonds is 4. The van der Waals surface area contributed by atoms with Crippen molar-refractivity contribution in [2.24, 2.45) is 0 Å². The van der Waals surface area contributed by atoms with Crippen LogP contribution in [0.15, 0.2) is 45.1 Å². The highest BCUT2D eigenvalue weighted by molar-refractivity contribution is 9.11. The SMILES string of the molecule is O=C(O)c1ccccc1S(=O)(=O)Cc1ccc(Br)s1. The van der Waals surface area contributed by atoms with E-state index < -0.39 is 15.8 Å². The lowest BCUT2D eigenvalue weighted by Gasteiger charge is -2.06. The Bertz CT molecular complexity index is 719. The maximum Gasteiger partial charge on any atom is 0.337 e. The molecule has 0 saturated carbocycles. The monoisotopic (exact) mass is 360 g/mol. The number of halogens is 1. The molecule has 1 N–H and O–H groups in total. The molecule has 100 valence electrons. The highest BCUT2D eigenvalue weighted by Crippen LogP contribution is 2.27. The van der Waals surface area contributed by atoms with E-state index in [1.165, 1.54) is 35.6 Å². The summed E-state index contributed by atoms with van der Waals surface area (Å²) in [4.78, 5) is 11.6. The predicted molar refractivity (Wildman–Crippen MR) is 76.3 cm³/mol. The molecule has 7 heteroatoms. The van der Waals surface area contributed by atoms with Crippen LogP contribution in [-0.2, 0) is 15.6 Å². The molecule has 0 atom stereocenters. The van der Waals surface area contributed by atoms with Gasteiger partial charge in [-0.2, -0.15) is 0 Å². The molecule has 1 heterocycles. The molecule has 19 heavy (non-hydrogen) atoms. The molecule has 0 bridgehead atoms. The Morgan fingerprint density at radius 1 is 1.21 bits per heavy atom. The lowest BCUT2D eigenvalue weighted by molar-refractivity contribution is 0.0692. The minimum atomic E-state index is -3.67. The van der Waals surface area contributed by atoms with E-state index in [2.05, 4.69) is 15.9 Å². The fourth-order valence-electron chi connectivity index (χ4n) is 1.61. The van der Waals surface area contributed by atoms with Gasteiger partial charge in [0, 0.05) is 4.88 Å². The molecule has 0 saturated heterocycles. The van der Waals surface area contributed by atoms with Crippen molar-refractivity contribution in [2.75, 3.05) is 0 Å². The van der Waals surface area contributed by atoms with Crippen LogP contribution < -0.4 is 0 Å². The first-order valence-corrected chi connectivity index (χ1v) is 8.45. The van der Waals surface area contributed by atoms with E-state index in [1.807, 2.05) is 0 Å². The Kier molecular flexibility index (Phi) is 4.07. The lowest BCUT2D eigenvalue weighted by atomic mass is 10.2. The van der Waals surface area contributed by atoms with E-state index in [0.29, 0.717) is 4.88 Å². The van der Waals surface area contributed by atoms with Crippen molar-refractivity contribution in [3.05, 3.63) is 50.6 Å². The third kappa shape index (κ3) is 3.23. The second-order valence-corrected chi connectivity index (χ2v) is 8.27. The van der Waals surface area contributed by atoms with Gasteiger partial charge in [0.05, 0.1) is 20.0 Å². The number of thiophene rings is 1. The van der Waals surface area contributed by atoms with Gasteiger partial charge in [0.1, 0.15) is 0 Å². The molecular formula is C12H9BrO4S2. The van der Waals surface area contributed by atoms with Crippen LogP contribution in [0, 0.1) is 0 Å². The second-order valence-electron chi connectivity index (χ2n) is 3.77. The summed E-state index contributed by atoms with van der Waals surface area (Å²) in [6.07, 6.45) is 0. The summed E-state index contributed by atoms with van der Waals surface area (Å²) in [6, 6.07) is 9.10. The molecule has 4 nitrogen and oxygen atoms in total. The Hall–Kier alpha value is -1.18. The second kappa shape index (κ2) is 5.44. The van der Waals surface area contributed by atoms with Gasteiger partial charge in [-0.3, -0.25) is 0 Å². The lowest BCUT2D eigenvalue weighted by Crippen LogP contribution is -2.10. The zero-order valence-corrected chi connectivity index (χ0v) is 12.8. The van der Waals surface area contributed by atoms with E-state index in [1.54, 1.807) is 12.1 Å². The molecule has 0 aliphatic heterocycles. The van der Waals surface area contributed by atoms with Gasteiger partial charge in [-0.05, 0) is 40.2 Å². The van der Waals surface area contributed by atoms with Crippen LogP contribution in [0.3, 0.4) is 0 Å². The van der Waals surface area contributed by atoms with Gasteiger partial charge in [-0.1, -0.05) is 12.1 Å². The summed E-state index contributed by atoms with van der Waals surface area (Å²) in [5, 5.41) is 9.03. The number of carboxylic acids is 1. The topological polar surface area (TPSA) is 71.4 Å². The number of hydrogen-bond acceptors (Lipinski definition) is 4. The van der Waals surface area contributed by atoms with E-state index in [9.17, 15) is 13.2 Å². The number of hydrogen-bond donors (Lipinski definition) is 1. The summed E-state index contributed by atoms with van der Waals surface area (Å²) in [5.41, 5.74) is -0.196. The maximum absolute atomic E-state index is 12.3. The van der Waals surface area contributed by atoms with Crippen molar-refractivity contribution >= 4 is 43.1 Å². The Morgan fingerprint density at radius 3 is 2.47 bits per heavy atom. The molecule has 1 aromatic carbocycles. The third-order valence-corrected chi connectivity index (χ3v) is 5.94. The van der Waals surface area contributed by atoms with Crippen molar-refractivity contribution in [3.8, 4) is 0 Å². The fourth-order valence-corrected chi connectivity index (χ4v) is 4.99. The number of benzene rings is 1. The minimum absolute atomic E-state index is 0.146. The van der Waals surface area contributed by atoms with Crippen molar-refractivity contribution < 1.29 is 18.3 Å². The largest absolute Gasteiger partial charge is 0.478 e. The van der Waals surface area contributed by atoms with Crippen molar-refractivity contribution in [1.29, 1.82) is 0 Å². The summed E-state index contributed by atoms with van der Waals surface area (Å²) >= 11 is 4.58. The quantitative estimate of drug-likeness (QED) is 0.908. The number of carboxylic acid groups (broad SMARTS) is 1. The first-order valence-electron chi connectivity index (χ1n) is 5.19. The van der Waals surface area contributed by atoms with E-state index in [0.717, 1.165) is 3.79 Å². The van der Waals surface area contributed by atoms with E-state index in [4.69, 9.17) is 5.11 Å². The minimum Gasteiger partial charge on any atom is -0.478 e. The van der Waals surface area contributed by atoms with Gasteiger partial charge >= 0.3 is 5.97 Å². The predicted octanol–water partition coefficient (Wildman–Crippen LogP) is 3.18.